The summed E-state index contributed by atoms with van der Waals surface area (Å²) in [5.41, 5.74) is 9.57. The van der Waals surface area contributed by atoms with Crippen LogP contribution in [-0.4, -0.2) is 5.84 Å². The fraction of sp³-hybridized carbons (Fsp3) is 0.188. The molecule has 3 nitrogen and oxygen atoms in total. The number of benzene rings is 2. The molecule has 0 aliphatic heterocycles. The topological polar surface area (TPSA) is 59.1 Å². The van der Waals surface area contributed by atoms with Gasteiger partial charge in [0.05, 0.1) is 0 Å². The zero-order valence-corrected chi connectivity index (χ0v) is 11.2. The molecular formula is C16H18N2O. The lowest BCUT2D eigenvalue weighted by Crippen LogP contribution is -2.14. The minimum atomic E-state index is 0.0696. The summed E-state index contributed by atoms with van der Waals surface area (Å²) >= 11 is 0. The quantitative estimate of drug-likeness (QED) is 0.650. The SMILES string of the molecule is Cc1cccc(OCc2ccccc2C(=N)N)c1C. The average Bonchev–Trinajstić information content (AvgIpc) is 2.40. The summed E-state index contributed by atoms with van der Waals surface area (Å²) in [5, 5.41) is 7.56. The van der Waals surface area contributed by atoms with Crippen molar-refractivity contribution in [3.05, 3.63) is 64.7 Å². The van der Waals surface area contributed by atoms with E-state index in [-0.39, 0.29) is 5.84 Å². The number of nitrogens with one attached hydrogen (secondary N) is 1. The van der Waals surface area contributed by atoms with E-state index in [4.69, 9.17) is 15.9 Å². The highest BCUT2D eigenvalue weighted by atomic mass is 16.5. The lowest BCUT2D eigenvalue weighted by atomic mass is 10.1. The summed E-state index contributed by atoms with van der Waals surface area (Å²) < 4.78 is 5.84. The number of ether oxygens (including phenoxy) is 1. The molecule has 0 aliphatic rings. The van der Waals surface area contributed by atoms with Crippen LogP contribution in [-0.2, 0) is 6.61 Å². The van der Waals surface area contributed by atoms with Gasteiger partial charge in [-0.1, -0.05) is 36.4 Å². The van der Waals surface area contributed by atoms with Crippen LogP contribution >= 0.6 is 0 Å². The molecule has 0 bridgehead atoms. The number of nitrogen functional groups attached to an aromatic ring is 1. The molecule has 0 amide bonds. The Hall–Kier alpha value is -2.29. The highest BCUT2D eigenvalue weighted by Gasteiger charge is 2.06. The molecule has 19 heavy (non-hydrogen) atoms. The summed E-state index contributed by atoms with van der Waals surface area (Å²) in [5.74, 6) is 0.943. The maximum absolute atomic E-state index is 7.56. The van der Waals surface area contributed by atoms with E-state index < -0.39 is 0 Å². The predicted octanol–water partition coefficient (Wildman–Crippen LogP) is 3.17. The highest BCUT2D eigenvalue weighted by molar-refractivity contribution is 5.96. The lowest BCUT2D eigenvalue weighted by Gasteiger charge is -2.13. The van der Waals surface area contributed by atoms with Crippen LogP contribution in [0, 0.1) is 19.3 Å². The van der Waals surface area contributed by atoms with Crippen LogP contribution in [0.5, 0.6) is 5.75 Å². The van der Waals surface area contributed by atoms with Gasteiger partial charge >= 0.3 is 0 Å². The van der Waals surface area contributed by atoms with Crippen LogP contribution in [0.4, 0.5) is 0 Å². The summed E-state index contributed by atoms with van der Waals surface area (Å²) in [6, 6.07) is 13.6. The molecule has 98 valence electrons. The van der Waals surface area contributed by atoms with Gasteiger partial charge in [-0.2, -0.15) is 0 Å². The first-order valence-corrected chi connectivity index (χ1v) is 6.21. The Morgan fingerprint density at radius 2 is 1.84 bits per heavy atom. The zero-order chi connectivity index (χ0) is 13.8. The molecule has 3 heteroatoms. The van der Waals surface area contributed by atoms with Crippen molar-refractivity contribution in [1.82, 2.24) is 0 Å². The van der Waals surface area contributed by atoms with E-state index >= 15 is 0 Å². The minimum Gasteiger partial charge on any atom is -0.489 e. The Morgan fingerprint density at radius 1 is 1.11 bits per heavy atom. The van der Waals surface area contributed by atoms with Gasteiger partial charge in [-0.25, -0.2) is 0 Å². The van der Waals surface area contributed by atoms with Gasteiger partial charge in [0, 0.05) is 11.1 Å². The third-order valence-electron chi connectivity index (χ3n) is 3.25. The Bertz CT molecular complexity index is 605. The summed E-state index contributed by atoms with van der Waals surface area (Å²) in [7, 11) is 0. The van der Waals surface area contributed by atoms with Crippen LogP contribution in [0.1, 0.15) is 22.3 Å². The Kier molecular flexibility index (Phi) is 3.85. The molecule has 0 fully saturated rings. The van der Waals surface area contributed by atoms with Crippen molar-refractivity contribution in [3.63, 3.8) is 0 Å². The van der Waals surface area contributed by atoms with Crippen molar-refractivity contribution in [3.8, 4) is 5.75 Å². The molecule has 0 atom stereocenters. The number of hydrogen-bond acceptors (Lipinski definition) is 2. The monoisotopic (exact) mass is 254 g/mol. The zero-order valence-electron chi connectivity index (χ0n) is 11.2. The van der Waals surface area contributed by atoms with E-state index in [2.05, 4.69) is 13.0 Å². The van der Waals surface area contributed by atoms with Crippen molar-refractivity contribution in [2.75, 3.05) is 0 Å². The van der Waals surface area contributed by atoms with Gasteiger partial charge in [-0.05, 0) is 31.0 Å². The molecule has 2 aromatic rings. The van der Waals surface area contributed by atoms with Gasteiger partial charge in [0.15, 0.2) is 0 Å². The van der Waals surface area contributed by atoms with Gasteiger partial charge in [0.2, 0.25) is 0 Å². The summed E-state index contributed by atoms with van der Waals surface area (Å²) in [6.07, 6.45) is 0. The maximum Gasteiger partial charge on any atom is 0.123 e. The molecular weight excluding hydrogens is 236 g/mol. The first-order valence-electron chi connectivity index (χ1n) is 6.21. The second-order valence-electron chi connectivity index (χ2n) is 4.56. The van der Waals surface area contributed by atoms with Crippen molar-refractivity contribution < 1.29 is 4.74 Å². The van der Waals surface area contributed by atoms with E-state index in [9.17, 15) is 0 Å². The predicted molar refractivity (Wildman–Crippen MR) is 77.7 cm³/mol. The summed E-state index contributed by atoms with van der Waals surface area (Å²) in [6.45, 7) is 4.52. The normalized spacial score (nSPS) is 10.2. The Labute approximate surface area is 113 Å². The Morgan fingerprint density at radius 3 is 2.58 bits per heavy atom. The van der Waals surface area contributed by atoms with Crippen molar-refractivity contribution in [1.29, 1.82) is 5.41 Å². The molecule has 2 aromatic carbocycles. The van der Waals surface area contributed by atoms with Crippen LogP contribution in [0.15, 0.2) is 42.5 Å². The molecule has 3 N–H and O–H groups in total. The molecule has 0 unspecified atom stereocenters. The van der Waals surface area contributed by atoms with Crippen molar-refractivity contribution >= 4 is 5.84 Å². The first kappa shape index (κ1) is 13.1. The Balaban J connectivity index is 2.19. The van der Waals surface area contributed by atoms with E-state index in [1.54, 1.807) is 0 Å². The highest BCUT2D eigenvalue weighted by Crippen LogP contribution is 2.22. The third-order valence-corrected chi connectivity index (χ3v) is 3.25. The van der Waals surface area contributed by atoms with Crippen molar-refractivity contribution in [2.24, 2.45) is 5.73 Å². The maximum atomic E-state index is 7.56. The molecule has 0 spiro atoms. The van der Waals surface area contributed by atoms with Crippen molar-refractivity contribution in [2.45, 2.75) is 20.5 Å². The standard InChI is InChI=1S/C16H18N2O/c1-11-6-5-9-15(12(11)2)19-10-13-7-3-4-8-14(13)16(17)18/h3-9H,10H2,1-2H3,(H3,17,18). The smallest absolute Gasteiger partial charge is 0.123 e. The molecule has 2 rings (SSSR count). The fourth-order valence-corrected chi connectivity index (χ4v) is 1.94. The second-order valence-corrected chi connectivity index (χ2v) is 4.56. The van der Waals surface area contributed by atoms with Gasteiger partial charge in [-0.3, -0.25) is 5.41 Å². The van der Waals surface area contributed by atoms with E-state index in [1.165, 1.54) is 5.56 Å². The third kappa shape index (κ3) is 2.94. The number of aryl methyl sites for hydroxylation is 1. The van der Waals surface area contributed by atoms with Crippen LogP contribution in [0.2, 0.25) is 0 Å². The van der Waals surface area contributed by atoms with E-state index in [0.717, 1.165) is 22.4 Å². The van der Waals surface area contributed by atoms with Gasteiger partial charge in [-0.15, -0.1) is 0 Å². The minimum absolute atomic E-state index is 0.0696. The van der Waals surface area contributed by atoms with E-state index in [0.29, 0.717) is 6.61 Å². The lowest BCUT2D eigenvalue weighted by molar-refractivity contribution is 0.303. The molecule has 0 radical (unpaired) electrons. The van der Waals surface area contributed by atoms with Gasteiger partial charge < -0.3 is 10.5 Å². The van der Waals surface area contributed by atoms with Gasteiger partial charge in [0.25, 0.3) is 0 Å². The second kappa shape index (κ2) is 5.57. The van der Waals surface area contributed by atoms with Crippen LogP contribution < -0.4 is 10.5 Å². The number of hydrogen-bond donors (Lipinski definition) is 2. The number of rotatable bonds is 4. The first-order chi connectivity index (χ1) is 9.09. The molecule has 0 heterocycles. The van der Waals surface area contributed by atoms with E-state index in [1.807, 2.05) is 43.3 Å². The number of amidine groups is 1. The largest absolute Gasteiger partial charge is 0.489 e. The average molecular weight is 254 g/mol. The molecule has 0 aliphatic carbocycles. The van der Waals surface area contributed by atoms with Crippen LogP contribution in [0.3, 0.4) is 0 Å². The summed E-state index contributed by atoms with van der Waals surface area (Å²) in [4.78, 5) is 0. The van der Waals surface area contributed by atoms with Gasteiger partial charge in [0.1, 0.15) is 18.2 Å². The molecule has 0 aromatic heterocycles. The molecule has 0 saturated carbocycles. The molecule has 0 saturated heterocycles. The van der Waals surface area contributed by atoms with Crippen LogP contribution in [0.25, 0.3) is 0 Å². The fourth-order valence-electron chi connectivity index (χ4n) is 1.94. The number of nitrogens with two attached hydrogens (primary N) is 1.